The second kappa shape index (κ2) is 16.8. The van der Waals surface area contributed by atoms with E-state index in [1.165, 1.54) is 7.05 Å². The molecule has 0 fully saturated rings. The number of Topliss-reactive ketones (excluding diaryl/α,β-unsaturated/α-hetero) is 1. The number of aromatic nitrogens is 1. The van der Waals surface area contributed by atoms with E-state index < -0.39 is 17.3 Å². The highest BCUT2D eigenvalue weighted by atomic mass is 79.9. The fraction of sp³-hybridized carbons (Fsp3) is 0.500. The minimum atomic E-state index is -0.877. The Labute approximate surface area is 274 Å². The topological polar surface area (TPSA) is 175 Å². The van der Waals surface area contributed by atoms with Crippen LogP contribution in [0.15, 0.2) is 18.2 Å². The molecule has 0 radical (unpaired) electrons. The molecule has 1 aromatic carbocycles. The highest BCUT2D eigenvalue weighted by Crippen LogP contribution is 2.40. The zero-order chi connectivity index (χ0) is 32.4. The molecule has 0 spiro atoms. The van der Waals surface area contributed by atoms with Gasteiger partial charge in [0.05, 0.1) is 32.4 Å². The Morgan fingerprint density at radius 2 is 1.80 bits per heavy atom. The summed E-state index contributed by atoms with van der Waals surface area (Å²) in [7, 11) is 1.49. The van der Waals surface area contributed by atoms with Crippen LogP contribution in [0, 0.1) is 16.7 Å². The second-order valence-electron chi connectivity index (χ2n) is 11.4. The molecule has 0 atom stereocenters. The lowest BCUT2D eigenvalue weighted by Gasteiger charge is -2.26. The summed E-state index contributed by atoms with van der Waals surface area (Å²) in [6.45, 7) is 8.78. The third-order valence-electron chi connectivity index (χ3n) is 6.95. The van der Waals surface area contributed by atoms with Crippen molar-refractivity contribution in [3.05, 3.63) is 46.3 Å². The fourth-order valence-corrected chi connectivity index (χ4v) is 4.70. The maximum atomic E-state index is 13.7. The monoisotopic (exact) mass is 687 g/mol. The first-order valence-electron chi connectivity index (χ1n) is 14.7. The highest BCUT2D eigenvalue weighted by molar-refractivity contribution is 8.93. The van der Waals surface area contributed by atoms with Gasteiger partial charge in [-0.1, -0.05) is 20.8 Å². The van der Waals surface area contributed by atoms with Gasteiger partial charge in [-0.15, -0.1) is 17.0 Å². The highest BCUT2D eigenvalue weighted by Gasteiger charge is 2.32. The molecule has 1 aliphatic heterocycles. The van der Waals surface area contributed by atoms with E-state index in [1.807, 2.05) is 20.8 Å². The van der Waals surface area contributed by atoms with E-state index in [4.69, 9.17) is 30.0 Å². The molecule has 3 N–H and O–H groups in total. The van der Waals surface area contributed by atoms with Gasteiger partial charge in [0.25, 0.3) is 5.91 Å². The van der Waals surface area contributed by atoms with Crippen LogP contribution in [-0.4, -0.2) is 71.9 Å². The summed E-state index contributed by atoms with van der Waals surface area (Å²) in [5, 5.41) is 29.1. The van der Waals surface area contributed by atoms with Crippen molar-refractivity contribution in [1.29, 1.82) is 10.7 Å². The normalized spacial score (nSPS) is 12.1. The third kappa shape index (κ3) is 9.65. The van der Waals surface area contributed by atoms with Crippen molar-refractivity contribution in [2.24, 2.45) is 0 Å². The van der Waals surface area contributed by atoms with Crippen LogP contribution in [0.4, 0.5) is 0 Å². The number of amidine groups is 1. The average Bonchev–Trinajstić information content (AvgIpc) is 3.27. The molecule has 1 aromatic heterocycles. The molecule has 3 rings (SSSR count). The van der Waals surface area contributed by atoms with Crippen LogP contribution in [0.3, 0.4) is 0 Å². The number of ketones is 1. The molecule has 1 aliphatic rings. The van der Waals surface area contributed by atoms with E-state index in [-0.39, 0.29) is 67.0 Å². The quantitative estimate of drug-likeness (QED) is 0.160. The number of nitriles is 1. The molecule has 244 valence electrons. The Balaban J connectivity index is 0.00000705. The van der Waals surface area contributed by atoms with Crippen molar-refractivity contribution < 1.29 is 33.7 Å². The van der Waals surface area contributed by atoms with Crippen LogP contribution in [0.5, 0.6) is 17.2 Å². The van der Waals surface area contributed by atoms with Crippen LogP contribution in [0.25, 0.3) is 0 Å². The van der Waals surface area contributed by atoms with E-state index in [0.717, 1.165) is 5.56 Å². The number of halogens is 1. The number of ether oxygens (including phenoxy) is 3. The van der Waals surface area contributed by atoms with E-state index in [1.54, 1.807) is 30.0 Å². The Bertz CT molecular complexity index is 1450. The van der Waals surface area contributed by atoms with Gasteiger partial charge >= 0.3 is 5.97 Å². The number of carboxylic acid groups (broad SMARTS) is 1. The predicted octanol–water partition coefficient (Wildman–Crippen LogP) is 5.06. The van der Waals surface area contributed by atoms with Gasteiger partial charge < -0.3 is 29.5 Å². The van der Waals surface area contributed by atoms with Gasteiger partial charge in [0, 0.05) is 43.1 Å². The summed E-state index contributed by atoms with van der Waals surface area (Å²) < 4.78 is 17.8. The Morgan fingerprint density at radius 3 is 2.42 bits per heavy atom. The Kier molecular flexibility index (Phi) is 13.8. The minimum Gasteiger partial charge on any atom is -0.491 e. The number of hydrogen-bond donors (Lipinski definition) is 3. The molecule has 2 heterocycles. The summed E-state index contributed by atoms with van der Waals surface area (Å²) in [6.07, 6.45) is 1.83. The number of rotatable bonds is 16. The van der Waals surface area contributed by atoms with Crippen LogP contribution in [0.1, 0.15) is 97.5 Å². The maximum absolute atomic E-state index is 13.7. The zero-order valence-electron chi connectivity index (χ0n) is 26.4. The number of benzene rings is 1. The summed E-state index contributed by atoms with van der Waals surface area (Å²) >= 11 is 0. The number of fused-ring (bicyclic) bond motifs is 1. The van der Waals surface area contributed by atoms with Crippen LogP contribution in [-0.2, 0) is 16.8 Å². The van der Waals surface area contributed by atoms with E-state index in [9.17, 15) is 14.4 Å². The molecule has 0 unspecified atom stereocenters. The fourth-order valence-electron chi connectivity index (χ4n) is 4.70. The van der Waals surface area contributed by atoms with Crippen molar-refractivity contribution >= 4 is 40.5 Å². The second-order valence-corrected chi connectivity index (χ2v) is 11.4. The first-order chi connectivity index (χ1) is 20.9. The standard InChI is InChI=1S/C32H41N5O7.BrH/c1-6-42-24-17-21-18-37(30(34)27(21)36-28(24)31(41)35-5)19-23(38)20-15-22(32(2,3)4)29(44-14-10-8-12-33)25(16-20)43-13-9-7-11-26(39)40;/h15-17,34H,6-11,13-14,18-19H2,1-5H3,(H,35,41)(H,39,40);1H. The number of unbranched alkanes of at least 4 members (excludes halogenated alkanes) is 2. The van der Waals surface area contributed by atoms with Crippen molar-refractivity contribution in [2.75, 3.05) is 33.4 Å². The molecule has 12 nitrogen and oxygen atoms in total. The number of hydrogen-bond acceptors (Lipinski definition) is 9. The van der Waals surface area contributed by atoms with Gasteiger partial charge in [-0.2, -0.15) is 5.26 Å². The minimum absolute atomic E-state index is 0. The Morgan fingerprint density at radius 1 is 1.09 bits per heavy atom. The van der Waals surface area contributed by atoms with Crippen molar-refractivity contribution in [3.63, 3.8) is 0 Å². The molecule has 0 saturated carbocycles. The summed E-state index contributed by atoms with van der Waals surface area (Å²) in [6, 6.07) is 7.20. The van der Waals surface area contributed by atoms with Crippen molar-refractivity contribution in [3.8, 4) is 23.3 Å². The molecule has 0 bridgehead atoms. The summed E-state index contributed by atoms with van der Waals surface area (Å²) in [4.78, 5) is 43.1. The smallest absolute Gasteiger partial charge is 0.303 e. The van der Waals surface area contributed by atoms with Crippen molar-refractivity contribution in [2.45, 2.75) is 71.8 Å². The van der Waals surface area contributed by atoms with Crippen LogP contribution >= 0.6 is 17.0 Å². The molecule has 0 aliphatic carbocycles. The van der Waals surface area contributed by atoms with Gasteiger partial charge in [-0.25, -0.2) is 4.98 Å². The lowest BCUT2D eigenvalue weighted by molar-refractivity contribution is -0.137. The van der Waals surface area contributed by atoms with Crippen molar-refractivity contribution in [1.82, 2.24) is 15.2 Å². The number of aliphatic carboxylic acids is 1. The van der Waals surface area contributed by atoms with Gasteiger partial charge in [0.15, 0.2) is 28.7 Å². The van der Waals surface area contributed by atoms with Gasteiger partial charge in [-0.05, 0) is 49.8 Å². The van der Waals surface area contributed by atoms with Crippen LogP contribution in [0.2, 0.25) is 0 Å². The third-order valence-corrected chi connectivity index (χ3v) is 6.95. The molecule has 45 heavy (non-hydrogen) atoms. The number of amides is 1. The molecule has 0 saturated heterocycles. The zero-order valence-corrected chi connectivity index (χ0v) is 28.2. The van der Waals surface area contributed by atoms with E-state index in [0.29, 0.717) is 66.4 Å². The lowest BCUT2D eigenvalue weighted by Crippen LogP contribution is -2.31. The molecular formula is C32H42BrN5O7. The number of carbonyl (C=O) groups is 3. The van der Waals surface area contributed by atoms with Gasteiger partial charge in [0.1, 0.15) is 11.5 Å². The van der Waals surface area contributed by atoms with Gasteiger partial charge in [-0.3, -0.25) is 19.8 Å². The number of nitrogens with one attached hydrogen (secondary N) is 2. The summed E-state index contributed by atoms with van der Waals surface area (Å²) in [5.41, 5.74) is 1.77. The maximum Gasteiger partial charge on any atom is 0.303 e. The average molecular weight is 689 g/mol. The number of carbonyl (C=O) groups excluding carboxylic acids is 2. The van der Waals surface area contributed by atoms with Gasteiger partial charge in [0.2, 0.25) is 0 Å². The largest absolute Gasteiger partial charge is 0.491 e. The lowest BCUT2D eigenvalue weighted by atomic mass is 9.84. The molecule has 13 heteroatoms. The Hall–Kier alpha value is -4.18. The first kappa shape index (κ1) is 37.0. The van der Waals surface area contributed by atoms with Crippen LogP contribution < -0.4 is 19.5 Å². The number of nitrogens with zero attached hydrogens (tertiary/aromatic N) is 3. The molecule has 1 amide bonds. The first-order valence-corrected chi connectivity index (χ1v) is 14.7. The SMILES string of the molecule is Br.CCOc1cc2c(nc1C(=O)NC)C(=N)N(CC(=O)c1cc(OCCCCC(=O)O)c(OCCCC#N)c(C(C)(C)C)c1)C2. The van der Waals surface area contributed by atoms with E-state index >= 15 is 0 Å². The summed E-state index contributed by atoms with van der Waals surface area (Å²) in [5.74, 6) is -0.359. The predicted molar refractivity (Wildman–Crippen MR) is 173 cm³/mol. The molecular weight excluding hydrogens is 646 g/mol. The number of carboxylic acids is 1. The number of pyridine rings is 1. The molecule has 2 aromatic rings. The van der Waals surface area contributed by atoms with E-state index in [2.05, 4.69) is 16.4 Å².